The number of hydrogen-bond acceptors (Lipinski definition) is 4. The zero-order chi connectivity index (χ0) is 11.4. The highest BCUT2D eigenvalue weighted by atomic mass is 16.5. The molecule has 1 aliphatic heterocycles. The largest absolute Gasteiger partial charge is 0.660 e. The Labute approximate surface area is 94.9 Å². The topological polar surface area (TPSA) is 66.2 Å². The van der Waals surface area contributed by atoms with Gasteiger partial charge in [-0.1, -0.05) is 0 Å². The van der Waals surface area contributed by atoms with E-state index < -0.39 is 0 Å². The summed E-state index contributed by atoms with van der Waals surface area (Å²) in [7, 11) is 1.75. The Morgan fingerprint density at radius 1 is 1.62 bits per heavy atom. The van der Waals surface area contributed by atoms with Crippen molar-refractivity contribution in [1.82, 2.24) is 5.27 Å². The number of piperidine rings is 1. The third-order valence-electron chi connectivity index (χ3n) is 3.07. The van der Waals surface area contributed by atoms with E-state index in [-0.39, 0.29) is 5.88 Å². The van der Waals surface area contributed by atoms with E-state index in [2.05, 4.69) is 10.3 Å². The van der Waals surface area contributed by atoms with Crippen LogP contribution in [0.4, 0.5) is 5.88 Å². The van der Waals surface area contributed by atoms with Crippen molar-refractivity contribution in [2.45, 2.75) is 19.3 Å². The summed E-state index contributed by atoms with van der Waals surface area (Å²) in [6, 6.07) is 0. The second kappa shape index (κ2) is 5.16. The Hall–Kier alpha value is -1.30. The Balaban J connectivity index is 1.81. The fourth-order valence-electron chi connectivity index (χ4n) is 2.07. The van der Waals surface area contributed by atoms with Gasteiger partial charge in [0, 0.05) is 13.7 Å². The summed E-state index contributed by atoms with van der Waals surface area (Å²) >= 11 is 0. The van der Waals surface area contributed by atoms with Gasteiger partial charge in [0.1, 0.15) is 5.88 Å². The van der Waals surface area contributed by atoms with Crippen LogP contribution in [0.15, 0.2) is 10.7 Å². The zero-order valence-electron chi connectivity index (χ0n) is 9.56. The van der Waals surface area contributed by atoms with Gasteiger partial charge in [-0.15, -0.1) is 0 Å². The lowest BCUT2D eigenvalue weighted by atomic mass is 9.95. The van der Waals surface area contributed by atoms with E-state index in [1.165, 1.54) is 0 Å². The van der Waals surface area contributed by atoms with E-state index in [9.17, 15) is 0 Å². The average Bonchev–Trinajstić information content (AvgIpc) is 2.74. The van der Waals surface area contributed by atoms with Gasteiger partial charge in [-0.3, -0.25) is 0 Å². The van der Waals surface area contributed by atoms with Crippen LogP contribution >= 0.6 is 0 Å². The number of ether oxygens (including phenoxy) is 1. The van der Waals surface area contributed by atoms with Crippen LogP contribution < -0.4 is 9.80 Å². The third-order valence-corrected chi connectivity index (χ3v) is 3.07. The van der Waals surface area contributed by atoms with Crippen molar-refractivity contribution in [3.8, 4) is 0 Å². The highest BCUT2D eigenvalue weighted by molar-refractivity contribution is 5.19. The number of hydrogen-bond donors (Lipinski definition) is 0. The van der Waals surface area contributed by atoms with Crippen molar-refractivity contribution < 1.29 is 14.1 Å². The first-order valence-electron chi connectivity index (χ1n) is 5.64. The van der Waals surface area contributed by atoms with Crippen LogP contribution in [-0.4, -0.2) is 32.1 Å². The van der Waals surface area contributed by atoms with Gasteiger partial charge in [-0.25, -0.2) is 0 Å². The van der Waals surface area contributed by atoms with Crippen molar-refractivity contribution in [2.24, 2.45) is 5.92 Å². The monoisotopic (exact) mass is 226 g/mol. The first kappa shape index (κ1) is 11.2. The first-order valence-corrected chi connectivity index (χ1v) is 5.64. The summed E-state index contributed by atoms with van der Waals surface area (Å²) in [6.45, 7) is 2.77. The lowest BCUT2D eigenvalue weighted by Gasteiger charge is -2.26. The molecule has 1 N–H and O–H groups in total. The Kier molecular flexibility index (Phi) is 3.61. The van der Waals surface area contributed by atoms with E-state index in [0.717, 1.165) is 44.9 Å². The van der Waals surface area contributed by atoms with Crippen LogP contribution in [0.5, 0.6) is 0 Å². The number of methoxy groups -OCH3 is 1. The predicted octanol–water partition coefficient (Wildman–Crippen LogP) is 1.03. The number of nitrogens with one attached hydrogen (secondary N) is 1. The molecule has 6 nitrogen and oxygen atoms in total. The van der Waals surface area contributed by atoms with Gasteiger partial charge in [0.2, 0.25) is 5.27 Å². The van der Waals surface area contributed by atoms with Gasteiger partial charge in [0.05, 0.1) is 17.9 Å². The van der Waals surface area contributed by atoms with Gasteiger partial charge in [0.15, 0.2) is 0 Å². The maximum absolute atomic E-state index is 7.27. The van der Waals surface area contributed by atoms with Gasteiger partial charge in [-0.05, 0) is 25.2 Å². The summed E-state index contributed by atoms with van der Waals surface area (Å²) in [5.41, 5.74) is 7.27. The number of rotatable bonds is 4. The average molecular weight is 226 g/mol. The molecule has 2 rings (SSSR count). The van der Waals surface area contributed by atoms with Gasteiger partial charge < -0.3 is 15.0 Å². The standard InChI is InChI=1S/C10H18N4O2/c1-15-7-4-9-2-5-13(6-3-9)14-8-10(11)16-12-14/h8-9,11H,2-7H2,1H3. The summed E-state index contributed by atoms with van der Waals surface area (Å²) in [6.07, 6.45) is 5.03. The van der Waals surface area contributed by atoms with Crippen LogP contribution in [0.25, 0.3) is 5.73 Å². The SMILES string of the molecule is COCCC1CCN([n+]2cc([NH-])on2)CC1. The number of aromatic nitrogens is 2. The van der Waals surface area contributed by atoms with E-state index in [0.29, 0.717) is 0 Å². The number of nitrogens with zero attached hydrogens (tertiary/aromatic N) is 3. The first-order chi connectivity index (χ1) is 7.79. The summed E-state index contributed by atoms with van der Waals surface area (Å²) < 4.78 is 9.82. The highest BCUT2D eigenvalue weighted by Crippen LogP contribution is 2.18. The Bertz CT molecular complexity index is 320. The molecule has 0 atom stereocenters. The molecule has 1 saturated heterocycles. The molecule has 0 aliphatic carbocycles. The minimum atomic E-state index is 0.0986. The molecule has 0 radical (unpaired) electrons. The fourth-order valence-corrected chi connectivity index (χ4v) is 2.07. The maximum atomic E-state index is 7.27. The van der Waals surface area contributed by atoms with Crippen molar-refractivity contribution in [3.63, 3.8) is 0 Å². The molecular weight excluding hydrogens is 208 g/mol. The second-order valence-corrected chi connectivity index (χ2v) is 4.17. The van der Waals surface area contributed by atoms with E-state index in [1.54, 1.807) is 18.1 Å². The second-order valence-electron chi connectivity index (χ2n) is 4.17. The smallest absolute Gasteiger partial charge is 0.256 e. The van der Waals surface area contributed by atoms with Gasteiger partial charge in [-0.2, -0.15) is 5.01 Å². The molecule has 0 bridgehead atoms. The summed E-state index contributed by atoms with van der Waals surface area (Å²) in [5.74, 6) is 0.848. The molecule has 0 amide bonds. The molecule has 1 aliphatic rings. The van der Waals surface area contributed by atoms with Crippen molar-refractivity contribution in [3.05, 3.63) is 11.9 Å². The molecule has 1 aromatic heterocycles. The van der Waals surface area contributed by atoms with Crippen LogP contribution in [0, 0.1) is 5.92 Å². The van der Waals surface area contributed by atoms with Crippen LogP contribution in [0.3, 0.4) is 0 Å². The van der Waals surface area contributed by atoms with E-state index in [1.807, 2.05) is 0 Å². The molecule has 0 aromatic carbocycles. The summed E-state index contributed by atoms with van der Waals surface area (Å²) in [5, 5.41) is 5.88. The van der Waals surface area contributed by atoms with Crippen molar-refractivity contribution >= 4 is 5.88 Å². The molecule has 1 aromatic rings. The van der Waals surface area contributed by atoms with E-state index >= 15 is 0 Å². The molecule has 1 fully saturated rings. The molecule has 6 heteroatoms. The molecule has 2 heterocycles. The predicted molar refractivity (Wildman–Crippen MR) is 57.8 cm³/mol. The molecule has 16 heavy (non-hydrogen) atoms. The lowest BCUT2D eigenvalue weighted by Crippen LogP contribution is -2.61. The van der Waals surface area contributed by atoms with Crippen molar-refractivity contribution in [2.75, 3.05) is 31.8 Å². The molecule has 0 spiro atoms. The molecule has 0 saturated carbocycles. The lowest BCUT2D eigenvalue weighted by molar-refractivity contribution is -0.759. The molecule has 90 valence electrons. The Morgan fingerprint density at radius 3 is 2.94 bits per heavy atom. The third kappa shape index (κ3) is 2.63. The van der Waals surface area contributed by atoms with Crippen LogP contribution in [0.2, 0.25) is 0 Å². The Morgan fingerprint density at radius 2 is 2.38 bits per heavy atom. The summed E-state index contributed by atoms with van der Waals surface area (Å²) in [4.78, 5) is 1.63. The fraction of sp³-hybridized carbons (Fsp3) is 0.800. The molecule has 0 unspecified atom stereocenters. The minimum absolute atomic E-state index is 0.0986. The maximum Gasteiger partial charge on any atom is 0.256 e. The molecular formula is C10H18N4O2. The van der Waals surface area contributed by atoms with E-state index in [4.69, 9.17) is 15.0 Å². The van der Waals surface area contributed by atoms with Gasteiger partial charge in [0.25, 0.3) is 6.20 Å². The van der Waals surface area contributed by atoms with Crippen molar-refractivity contribution in [1.29, 1.82) is 0 Å². The zero-order valence-corrected chi connectivity index (χ0v) is 9.56. The highest BCUT2D eigenvalue weighted by Gasteiger charge is 2.25. The normalized spacial score (nSPS) is 17.9. The minimum Gasteiger partial charge on any atom is -0.660 e. The van der Waals surface area contributed by atoms with Crippen LogP contribution in [-0.2, 0) is 4.74 Å². The quantitative estimate of drug-likeness (QED) is 0.719. The van der Waals surface area contributed by atoms with Crippen LogP contribution in [0.1, 0.15) is 19.3 Å². The van der Waals surface area contributed by atoms with Gasteiger partial charge >= 0.3 is 0 Å².